The fourth-order valence-corrected chi connectivity index (χ4v) is 2.93. The Kier molecular flexibility index (Phi) is 5.58. The van der Waals surface area contributed by atoms with Gasteiger partial charge in [0, 0.05) is 13.1 Å². The molecular weight excluding hydrogens is 242 g/mol. The molecule has 1 rings (SSSR count). The van der Waals surface area contributed by atoms with Gasteiger partial charge in [-0.05, 0) is 32.6 Å². The monoisotopic (exact) mass is 267 g/mol. The molecule has 3 atom stereocenters. The quantitative estimate of drug-likeness (QED) is 0.752. The molecule has 1 amide bonds. The third-order valence-corrected chi connectivity index (χ3v) is 4.03. The summed E-state index contributed by atoms with van der Waals surface area (Å²) in [6.07, 6.45) is 2.28. The Bertz CT molecular complexity index is 364. The first-order valence-corrected chi connectivity index (χ1v) is 7.06. The van der Waals surface area contributed by atoms with Crippen molar-refractivity contribution in [2.24, 2.45) is 17.8 Å². The molecule has 1 aliphatic rings. The third kappa shape index (κ3) is 3.82. The number of rotatable bonds is 6. The number of aliphatic carboxylic acids is 1. The SMILES string of the molecule is C=C(C)CN(CC)C(=O)[C@H]1CC(CC)C[C@H]1C(=O)O. The van der Waals surface area contributed by atoms with Crippen LogP contribution < -0.4 is 0 Å². The Labute approximate surface area is 115 Å². The maximum absolute atomic E-state index is 12.5. The first kappa shape index (κ1) is 15.7. The molecule has 0 saturated heterocycles. The van der Waals surface area contributed by atoms with Gasteiger partial charge in [0.2, 0.25) is 5.91 Å². The van der Waals surface area contributed by atoms with E-state index in [2.05, 4.69) is 13.5 Å². The molecule has 19 heavy (non-hydrogen) atoms. The maximum Gasteiger partial charge on any atom is 0.307 e. The van der Waals surface area contributed by atoms with Crippen LogP contribution in [-0.2, 0) is 9.59 Å². The van der Waals surface area contributed by atoms with Crippen LogP contribution >= 0.6 is 0 Å². The Morgan fingerprint density at radius 3 is 2.26 bits per heavy atom. The predicted molar refractivity (Wildman–Crippen MR) is 74.7 cm³/mol. The van der Waals surface area contributed by atoms with Crippen molar-refractivity contribution in [1.29, 1.82) is 0 Å². The fourth-order valence-electron chi connectivity index (χ4n) is 2.93. The van der Waals surface area contributed by atoms with Gasteiger partial charge < -0.3 is 10.0 Å². The van der Waals surface area contributed by atoms with Crippen LogP contribution in [0.2, 0.25) is 0 Å². The molecule has 108 valence electrons. The Balaban J connectivity index is 2.82. The van der Waals surface area contributed by atoms with E-state index in [1.165, 1.54) is 0 Å². The Hall–Kier alpha value is -1.32. The van der Waals surface area contributed by atoms with E-state index in [0.29, 0.717) is 31.8 Å². The minimum Gasteiger partial charge on any atom is -0.481 e. The number of carboxylic acid groups (broad SMARTS) is 1. The van der Waals surface area contributed by atoms with Crippen molar-refractivity contribution in [3.63, 3.8) is 0 Å². The van der Waals surface area contributed by atoms with Crippen molar-refractivity contribution < 1.29 is 14.7 Å². The van der Waals surface area contributed by atoms with Crippen LogP contribution in [0.15, 0.2) is 12.2 Å². The van der Waals surface area contributed by atoms with Gasteiger partial charge in [0.1, 0.15) is 0 Å². The van der Waals surface area contributed by atoms with Crippen molar-refractivity contribution in [2.75, 3.05) is 13.1 Å². The zero-order valence-electron chi connectivity index (χ0n) is 12.2. The molecule has 0 aromatic rings. The molecule has 0 aromatic heterocycles. The highest BCUT2D eigenvalue weighted by Crippen LogP contribution is 2.39. The van der Waals surface area contributed by atoms with Crippen LogP contribution in [0.3, 0.4) is 0 Å². The van der Waals surface area contributed by atoms with Crippen LogP contribution in [0.4, 0.5) is 0 Å². The van der Waals surface area contributed by atoms with Crippen molar-refractivity contribution in [2.45, 2.75) is 40.0 Å². The number of carbonyl (C=O) groups is 2. The van der Waals surface area contributed by atoms with Gasteiger partial charge >= 0.3 is 5.97 Å². The number of carboxylic acids is 1. The summed E-state index contributed by atoms with van der Waals surface area (Å²) < 4.78 is 0. The normalized spacial score (nSPS) is 26.2. The van der Waals surface area contributed by atoms with E-state index < -0.39 is 11.9 Å². The lowest BCUT2D eigenvalue weighted by Crippen LogP contribution is -2.39. The smallest absolute Gasteiger partial charge is 0.307 e. The molecule has 1 unspecified atom stereocenters. The van der Waals surface area contributed by atoms with Gasteiger partial charge in [-0.25, -0.2) is 0 Å². The number of likely N-dealkylation sites (N-methyl/N-ethyl adjacent to an activating group) is 1. The van der Waals surface area contributed by atoms with Crippen LogP contribution in [0.1, 0.15) is 40.0 Å². The largest absolute Gasteiger partial charge is 0.481 e. The number of carbonyl (C=O) groups excluding carboxylic acids is 1. The fraction of sp³-hybridized carbons (Fsp3) is 0.733. The lowest BCUT2D eigenvalue weighted by atomic mass is 9.94. The zero-order valence-corrected chi connectivity index (χ0v) is 12.2. The van der Waals surface area contributed by atoms with E-state index in [9.17, 15) is 14.7 Å². The first-order valence-electron chi connectivity index (χ1n) is 7.06. The summed E-state index contributed by atoms with van der Waals surface area (Å²) >= 11 is 0. The summed E-state index contributed by atoms with van der Waals surface area (Å²) in [5.74, 6) is -1.37. The molecule has 1 aliphatic carbocycles. The lowest BCUT2D eigenvalue weighted by molar-refractivity contribution is -0.148. The molecule has 4 heteroatoms. The lowest BCUT2D eigenvalue weighted by Gasteiger charge is -2.26. The van der Waals surface area contributed by atoms with Gasteiger partial charge in [-0.2, -0.15) is 0 Å². The molecule has 1 N–H and O–H groups in total. The summed E-state index contributed by atoms with van der Waals surface area (Å²) in [6.45, 7) is 10.8. The highest BCUT2D eigenvalue weighted by molar-refractivity contribution is 5.85. The van der Waals surface area contributed by atoms with Crippen molar-refractivity contribution in [3.05, 3.63) is 12.2 Å². The van der Waals surface area contributed by atoms with E-state index in [-0.39, 0.29) is 11.8 Å². The van der Waals surface area contributed by atoms with Crippen LogP contribution in [0.5, 0.6) is 0 Å². The molecule has 1 fully saturated rings. The molecule has 4 nitrogen and oxygen atoms in total. The first-order chi connectivity index (χ1) is 8.90. The number of hydrogen-bond acceptors (Lipinski definition) is 2. The molecule has 0 radical (unpaired) electrons. The summed E-state index contributed by atoms with van der Waals surface area (Å²) in [4.78, 5) is 25.6. The molecule has 0 aromatic carbocycles. The molecular formula is C15H25NO3. The van der Waals surface area contributed by atoms with Crippen molar-refractivity contribution >= 4 is 11.9 Å². The summed E-state index contributed by atoms with van der Waals surface area (Å²) in [5.41, 5.74) is 0.923. The number of nitrogens with zero attached hydrogens (tertiary/aromatic N) is 1. The highest BCUT2D eigenvalue weighted by Gasteiger charge is 2.43. The third-order valence-electron chi connectivity index (χ3n) is 4.03. The molecule has 0 spiro atoms. The minimum atomic E-state index is -0.833. The second-order valence-electron chi connectivity index (χ2n) is 5.61. The zero-order chi connectivity index (χ0) is 14.6. The second-order valence-corrected chi connectivity index (χ2v) is 5.61. The van der Waals surface area contributed by atoms with Crippen molar-refractivity contribution in [3.8, 4) is 0 Å². The van der Waals surface area contributed by atoms with Gasteiger partial charge in [-0.3, -0.25) is 9.59 Å². The second kappa shape index (κ2) is 6.73. The van der Waals surface area contributed by atoms with Crippen LogP contribution in [-0.4, -0.2) is 35.0 Å². The molecule has 0 bridgehead atoms. The van der Waals surface area contributed by atoms with Gasteiger partial charge in [0.05, 0.1) is 11.8 Å². The Morgan fingerprint density at radius 1 is 1.26 bits per heavy atom. The minimum absolute atomic E-state index is 0.0196. The van der Waals surface area contributed by atoms with E-state index in [1.807, 2.05) is 13.8 Å². The molecule has 1 saturated carbocycles. The average molecular weight is 267 g/mol. The standard InChI is InChI=1S/C15H25NO3/c1-5-11-7-12(13(8-11)15(18)19)14(17)16(6-2)9-10(3)4/h11-13H,3,5-9H2,1-2,4H3,(H,18,19)/t11?,12-,13+/m0/s1. The van der Waals surface area contributed by atoms with Crippen LogP contribution in [0, 0.1) is 17.8 Å². The van der Waals surface area contributed by atoms with Crippen LogP contribution in [0.25, 0.3) is 0 Å². The van der Waals surface area contributed by atoms with Gasteiger partial charge in [-0.15, -0.1) is 0 Å². The topological polar surface area (TPSA) is 57.6 Å². The van der Waals surface area contributed by atoms with Gasteiger partial charge in [-0.1, -0.05) is 25.5 Å². The maximum atomic E-state index is 12.5. The summed E-state index contributed by atoms with van der Waals surface area (Å²) in [6, 6.07) is 0. The summed E-state index contributed by atoms with van der Waals surface area (Å²) in [7, 11) is 0. The Morgan fingerprint density at radius 2 is 1.84 bits per heavy atom. The number of hydrogen-bond donors (Lipinski definition) is 1. The predicted octanol–water partition coefficient (Wildman–Crippen LogP) is 2.55. The average Bonchev–Trinajstić information content (AvgIpc) is 2.79. The summed E-state index contributed by atoms with van der Waals surface area (Å²) in [5, 5.41) is 9.29. The molecule has 0 aliphatic heterocycles. The molecule has 0 heterocycles. The van der Waals surface area contributed by atoms with E-state index in [4.69, 9.17) is 0 Å². The highest BCUT2D eigenvalue weighted by atomic mass is 16.4. The van der Waals surface area contributed by atoms with Gasteiger partial charge in [0.25, 0.3) is 0 Å². The van der Waals surface area contributed by atoms with E-state index >= 15 is 0 Å². The number of amides is 1. The van der Waals surface area contributed by atoms with Gasteiger partial charge in [0.15, 0.2) is 0 Å². The van der Waals surface area contributed by atoms with Crippen molar-refractivity contribution in [1.82, 2.24) is 4.90 Å². The van der Waals surface area contributed by atoms with E-state index in [1.54, 1.807) is 4.90 Å². The van der Waals surface area contributed by atoms with E-state index in [0.717, 1.165) is 12.0 Å².